The number of hydrogen-bond donors (Lipinski definition) is 2. The van der Waals surface area contributed by atoms with Gasteiger partial charge in [0.05, 0.1) is 0 Å². The van der Waals surface area contributed by atoms with E-state index in [0.717, 1.165) is 23.8 Å². The Balaban J connectivity index is 2.96. The maximum absolute atomic E-state index is 10.5. The molecule has 2 N–H and O–H groups in total. The van der Waals surface area contributed by atoms with E-state index < -0.39 is 8.32 Å². The first kappa shape index (κ1) is 13.3. The number of aryl methyl sites for hydroxylation is 1. The third kappa shape index (κ3) is 3.09. The molecule has 90 valence electrons. The van der Waals surface area contributed by atoms with Crippen molar-refractivity contribution in [3.63, 3.8) is 0 Å². The maximum atomic E-state index is 10.5. The summed E-state index contributed by atoms with van der Waals surface area (Å²) < 4.78 is 0. The fraction of sp³-hybridized carbons (Fsp3) is 0.538. The molecule has 0 bridgehead atoms. The van der Waals surface area contributed by atoms with Crippen LogP contribution in [0.15, 0.2) is 18.2 Å². The Kier molecular flexibility index (Phi) is 4.56. The van der Waals surface area contributed by atoms with Crippen LogP contribution in [0, 0.1) is 6.92 Å². The molecule has 0 aromatic heterocycles. The molecule has 0 atom stereocenters. The van der Waals surface area contributed by atoms with Crippen LogP contribution >= 0.6 is 0 Å². The molecule has 0 unspecified atom stereocenters. The molecule has 16 heavy (non-hydrogen) atoms. The van der Waals surface area contributed by atoms with Crippen molar-refractivity contribution in [1.29, 1.82) is 0 Å². The van der Waals surface area contributed by atoms with E-state index in [1.165, 1.54) is 11.1 Å². The number of nitrogens with one attached hydrogen (secondary N) is 1. The van der Waals surface area contributed by atoms with Crippen LogP contribution in [0.25, 0.3) is 0 Å². The second-order valence-electron chi connectivity index (χ2n) is 4.52. The van der Waals surface area contributed by atoms with Gasteiger partial charge in [-0.05, 0) is 42.2 Å². The summed E-state index contributed by atoms with van der Waals surface area (Å²) in [4.78, 5) is 10.5. The lowest BCUT2D eigenvalue weighted by Crippen LogP contribution is -2.36. The normalized spacial score (nSPS) is 11.6. The summed E-state index contributed by atoms with van der Waals surface area (Å²) in [7, 11) is -0.102. The van der Waals surface area contributed by atoms with Crippen LogP contribution in [0.4, 0.5) is 5.69 Å². The molecule has 0 amide bonds. The van der Waals surface area contributed by atoms with Gasteiger partial charge in [-0.25, -0.2) is 0 Å². The molecule has 0 radical (unpaired) electrons. The quantitative estimate of drug-likeness (QED) is 0.771. The van der Waals surface area contributed by atoms with Crippen LogP contribution in [0.5, 0.6) is 0 Å². The molecule has 0 aliphatic rings. The highest BCUT2D eigenvalue weighted by atomic mass is 28.4. The number of hydrogen-bond acceptors (Lipinski definition) is 2. The SMILES string of the molecule is CC[Si](O)(CC)Cc1ccc(C)cc1NC. The minimum atomic E-state index is -2.04. The van der Waals surface area contributed by atoms with E-state index in [-0.39, 0.29) is 0 Å². The maximum Gasteiger partial charge on any atom is 0.192 e. The van der Waals surface area contributed by atoms with Gasteiger partial charge in [0.1, 0.15) is 0 Å². The fourth-order valence-electron chi connectivity index (χ4n) is 1.93. The Morgan fingerprint density at radius 2 is 1.88 bits per heavy atom. The molecule has 0 saturated carbocycles. The zero-order chi connectivity index (χ0) is 12.2. The average Bonchev–Trinajstić information content (AvgIpc) is 2.31. The molecular formula is C13H23NOSi. The molecule has 0 spiro atoms. The molecule has 0 saturated heterocycles. The van der Waals surface area contributed by atoms with Crippen molar-refractivity contribution in [2.45, 2.75) is 38.9 Å². The first-order valence-electron chi connectivity index (χ1n) is 6.04. The Morgan fingerprint density at radius 3 is 2.38 bits per heavy atom. The van der Waals surface area contributed by atoms with Crippen LogP contribution in [0.1, 0.15) is 25.0 Å². The van der Waals surface area contributed by atoms with Crippen LogP contribution in [-0.4, -0.2) is 20.2 Å². The minimum absolute atomic E-state index is 0.858. The predicted octanol–water partition coefficient (Wildman–Crippen LogP) is 3.10. The first-order chi connectivity index (χ1) is 7.54. The summed E-state index contributed by atoms with van der Waals surface area (Å²) in [5, 5.41) is 3.22. The van der Waals surface area contributed by atoms with Gasteiger partial charge in [-0.3, -0.25) is 0 Å². The monoisotopic (exact) mass is 237 g/mol. The van der Waals surface area contributed by atoms with Crippen molar-refractivity contribution in [3.8, 4) is 0 Å². The smallest absolute Gasteiger partial charge is 0.192 e. The van der Waals surface area contributed by atoms with Crippen LogP contribution < -0.4 is 5.32 Å². The molecular weight excluding hydrogens is 214 g/mol. The fourth-order valence-corrected chi connectivity index (χ4v) is 3.95. The molecule has 1 aromatic rings. The highest BCUT2D eigenvalue weighted by Gasteiger charge is 2.27. The number of rotatable bonds is 5. The summed E-state index contributed by atoms with van der Waals surface area (Å²) in [5.74, 6) is 0. The van der Waals surface area contributed by atoms with E-state index in [9.17, 15) is 4.80 Å². The first-order valence-corrected chi connectivity index (χ1v) is 8.61. The van der Waals surface area contributed by atoms with Gasteiger partial charge in [-0.1, -0.05) is 26.0 Å². The summed E-state index contributed by atoms with van der Waals surface area (Å²) >= 11 is 0. The highest BCUT2D eigenvalue weighted by molar-refractivity contribution is 6.71. The molecule has 1 aromatic carbocycles. The Labute approximate surface area is 99.8 Å². The van der Waals surface area contributed by atoms with E-state index in [1.54, 1.807) is 0 Å². The van der Waals surface area contributed by atoms with E-state index in [4.69, 9.17) is 0 Å². The Hall–Kier alpha value is -0.803. The molecule has 1 rings (SSSR count). The van der Waals surface area contributed by atoms with Gasteiger partial charge in [0.2, 0.25) is 0 Å². The molecule has 0 heterocycles. The standard InChI is InChI=1S/C13H23NOSi/c1-5-16(15,6-2)10-12-8-7-11(3)9-13(12)14-4/h7-9,14-15H,5-6,10H2,1-4H3. The van der Waals surface area contributed by atoms with Gasteiger partial charge in [0.15, 0.2) is 8.32 Å². The van der Waals surface area contributed by atoms with Crippen molar-refractivity contribution in [3.05, 3.63) is 29.3 Å². The van der Waals surface area contributed by atoms with Gasteiger partial charge in [-0.2, -0.15) is 0 Å². The number of anilines is 1. The van der Waals surface area contributed by atoms with Crippen molar-refractivity contribution in [2.75, 3.05) is 12.4 Å². The summed E-state index contributed by atoms with van der Waals surface area (Å²) in [6.45, 7) is 6.29. The lowest BCUT2D eigenvalue weighted by atomic mass is 10.1. The topological polar surface area (TPSA) is 32.3 Å². The molecule has 3 heteroatoms. The van der Waals surface area contributed by atoms with E-state index in [2.05, 4.69) is 44.3 Å². The third-order valence-electron chi connectivity index (χ3n) is 3.37. The Bertz CT molecular complexity index is 348. The molecule has 0 aliphatic carbocycles. The van der Waals surface area contributed by atoms with E-state index in [0.29, 0.717) is 0 Å². The lowest BCUT2D eigenvalue weighted by Gasteiger charge is -2.23. The zero-order valence-electron chi connectivity index (χ0n) is 10.8. The van der Waals surface area contributed by atoms with Crippen LogP contribution in [0.3, 0.4) is 0 Å². The number of benzene rings is 1. The molecule has 2 nitrogen and oxygen atoms in total. The van der Waals surface area contributed by atoms with Crippen LogP contribution in [0.2, 0.25) is 12.1 Å². The lowest BCUT2D eigenvalue weighted by molar-refractivity contribution is 0.528. The van der Waals surface area contributed by atoms with Crippen molar-refractivity contribution in [2.24, 2.45) is 0 Å². The summed E-state index contributed by atoms with van der Waals surface area (Å²) in [5.41, 5.74) is 3.67. The zero-order valence-corrected chi connectivity index (χ0v) is 11.8. The second kappa shape index (κ2) is 5.50. The molecule has 0 fully saturated rings. The predicted molar refractivity (Wildman–Crippen MR) is 73.4 cm³/mol. The Morgan fingerprint density at radius 1 is 1.25 bits per heavy atom. The van der Waals surface area contributed by atoms with E-state index in [1.807, 2.05) is 7.05 Å². The highest BCUT2D eigenvalue weighted by Crippen LogP contribution is 2.24. The van der Waals surface area contributed by atoms with Crippen molar-refractivity contribution >= 4 is 14.0 Å². The third-order valence-corrected chi connectivity index (χ3v) is 7.04. The van der Waals surface area contributed by atoms with Gasteiger partial charge in [0.25, 0.3) is 0 Å². The summed E-state index contributed by atoms with van der Waals surface area (Å²) in [6, 6.07) is 9.13. The second-order valence-corrected chi connectivity index (χ2v) is 8.74. The van der Waals surface area contributed by atoms with E-state index >= 15 is 0 Å². The molecule has 0 aliphatic heterocycles. The largest absolute Gasteiger partial charge is 0.431 e. The van der Waals surface area contributed by atoms with Gasteiger partial charge < -0.3 is 10.1 Å². The summed E-state index contributed by atoms with van der Waals surface area (Å²) in [6.07, 6.45) is 0. The average molecular weight is 237 g/mol. The minimum Gasteiger partial charge on any atom is -0.431 e. The van der Waals surface area contributed by atoms with Gasteiger partial charge in [0, 0.05) is 12.7 Å². The van der Waals surface area contributed by atoms with Gasteiger partial charge >= 0.3 is 0 Å². The van der Waals surface area contributed by atoms with Crippen LogP contribution in [-0.2, 0) is 6.04 Å². The van der Waals surface area contributed by atoms with Gasteiger partial charge in [-0.15, -0.1) is 0 Å². The van der Waals surface area contributed by atoms with Crippen molar-refractivity contribution in [1.82, 2.24) is 0 Å². The van der Waals surface area contributed by atoms with Crippen molar-refractivity contribution < 1.29 is 4.80 Å².